The van der Waals surface area contributed by atoms with Gasteiger partial charge in [0.25, 0.3) is 5.88 Å². The predicted molar refractivity (Wildman–Crippen MR) is 69.8 cm³/mol. The molecule has 0 saturated heterocycles. The first-order valence-corrected chi connectivity index (χ1v) is 5.98. The summed E-state index contributed by atoms with van der Waals surface area (Å²) in [7, 11) is 0. The third-order valence-electron chi connectivity index (χ3n) is 2.26. The maximum absolute atomic E-state index is 12.9. The molecule has 20 heavy (non-hydrogen) atoms. The molecule has 8 heteroatoms. The molecule has 0 atom stereocenters. The van der Waals surface area contributed by atoms with E-state index >= 15 is 0 Å². The van der Waals surface area contributed by atoms with E-state index in [0.717, 1.165) is 24.4 Å². The van der Waals surface area contributed by atoms with Crippen molar-refractivity contribution in [2.45, 2.75) is 0 Å². The van der Waals surface area contributed by atoms with E-state index < -0.39 is 16.4 Å². The highest BCUT2D eigenvalue weighted by Crippen LogP contribution is 2.33. The Hall–Kier alpha value is -2.53. The number of pyridine rings is 1. The number of aromatic nitrogens is 1. The van der Waals surface area contributed by atoms with Crippen molar-refractivity contribution < 1.29 is 14.1 Å². The average Bonchev–Trinajstić information content (AvgIpc) is 2.42. The van der Waals surface area contributed by atoms with Gasteiger partial charge in [0, 0.05) is 12.3 Å². The molecular formula is C12H5BrFN3O3. The molecule has 0 aliphatic rings. The molecule has 0 aliphatic heterocycles. The van der Waals surface area contributed by atoms with Crippen molar-refractivity contribution in [2.24, 2.45) is 0 Å². The van der Waals surface area contributed by atoms with Gasteiger partial charge in [-0.3, -0.25) is 10.1 Å². The maximum Gasteiger partial charge on any atom is 0.332 e. The predicted octanol–water partition coefficient (Wildman–Crippen LogP) is 3.56. The average molecular weight is 338 g/mol. The maximum atomic E-state index is 12.9. The van der Waals surface area contributed by atoms with Crippen LogP contribution in [0, 0.1) is 27.3 Å². The van der Waals surface area contributed by atoms with Gasteiger partial charge in [-0.05, 0) is 34.1 Å². The molecule has 2 rings (SSSR count). The van der Waals surface area contributed by atoms with Gasteiger partial charge < -0.3 is 4.74 Å². The lowest BCUT2D eigenvalue weighted by atomic mass is 10.3. The number of hydrogen-bond donors (Lipinski definition) is 0. The Kier molecular flexibility index (Phi) is 3.91. The molecule has 0 amide bonds. The van der Waals surface area contributed by atoms with Gasteiger partial charge in [-0.2, -0.15) is 5.26 Å². The van der Waals surface area contributed by atoms with Crippen LogP contribution in [0.2, 0.25) is 0 Å². The Morgan fingerprint density at radius 3 is 2.80 bits per heavy atom. The monoisotopic (exact) mass is 337 g/mol. The van der Waals surface area contributed by atoms with Gasteiger partial charge in [0.1, 0.15) is 17.6 Å². The summed E-state index contributed by atoms with van der Waals surface area (Å²) in [6, 6.07) is 6.42. The molecule has 0 radical (unpaired) electrons. The normalized spacial score (nSPS) is 9.85. The number of nitriles is 1. The molecule has 1 heterocycles. The summed E-state index contributed by atoms with van der Waals surface area (Å²) in [4.78, 5) is 13.9. The van der Waals surface area contributed by atoms with Crippen LogP contribution in [0.25, 0.3) is 0 Å². The fourth-order valence-electron chi connectivity index (χ4n) is 1.37. The Labute approximate surface area is 120 Å². The van der Waals surface area contributed by atoms with Crippen LogP contribution in [0.15, 0.2) is 34.9 Å². The molecule has 1 aromatic carbocycles. The summed E-state index contributed by atoms with van der Waals surface area (Å²) in [5, 5.41) is 19.6. The summed E-state index contributed by atoms with van der Waals surface area (Å²) in [5.41, 5.74) is -0.400. The van der Waals surface area contributed by atoms with Crippen molar-refractivity contribution in [3.05, 3.63) is 56.4 Å². The number of ether oxygens (including phenoxy) is 1. The Morgan fingerprint density at radius 1 is 1.45 bits per heavy atom. The summed E-state index contributed by atoms with van der Waals surface area (Å²) in [5.74, 6) is -0.584. The van der Waals surface area contributed by atoms with Crippen LogP contribution in [0.5, 0.6) is 11.6 Å². The van der Waals surface area contributed by atoms with E-state index in [1.54, 1.807) is 6.07 Å². The standard InChI is InChI=1S/C12H5BrFN3O3/c13-9-4-8(14)1-2-11(9)20-12-10(17(18)19)3-7(5-15)6-16-12/h1-4,6H. The highest BCUT2D eigenvalue weighted by Gasteiger charge is 2.19. The van der Waals surface area contributed by atoms with Gasteiger partial charge in [-0.25, -0.2) is 9.37 Å². The summed E-state index contributed by atoms with van der Waals surface area (Å²) >= 11 is 3.08. The summed E-state index contributed by atoms with van der Waals surface area (Å²) in [6.07, 6.45) is 1.15. The molecule has 2 aromatic rings. The van der Waals surface area contributed by atoms with Crippen molar-refractivity contribution in [1.29, 1.82) is 5.26 Å². The minimum atomic E-state index is -0.708. The van der Waals surface area contributed by atoms with Gasteiger partial charge in [-0.15, -0.1) is 0 Å². The lowest BCUT2D eigenvalue weighted by Gasteiger charge is -2.07. The zero-order valence-electron chi connectivity index (χ0n) is 9.71. The van der Waals surface area contributed by atoms with Gasteiger partial charge >= 0.3 is 5.69 Å². The minimum absolute atomic E-state index is 0.0437. The lowest BCUT2D eigenvalue weighted by molar-refractivity contribution is -0.386. The quantitative estimate of drug-likeness (QED) is 0.631. The van der Waals surface area contributed by atoms with Crippen LogP contribution < -0.4 is 4.74 Å². The van der Waals surface area contributed by atoms with Gasteiger partial charge in [0.05, 0.1) is 15.0 Å². The van der Waals surface area contributed by atoms with Crippen LogP contribution in [0.4, 0.5) is 10.1 Å². The van der Waals surface area contributed by atoms with E-state index in [0.29, 0.717) is 0 Å². The molecule has 0 fully saturated rings. The fourth-order valence-corrected chi connectivity index (χ4v) is 1.81. The summed E-state index contributed by atoms with van der Waals surface area (Å²) in [6.45, 7) is 0. The van der Waals surface area contributed by atoms with Gasteiger partial charge in [-0.1, -0.05) is 0 Å². The number of rotatable bonds is 3. The van der Waals surface area contributed by atoms with Gasteiger partial charge in [0.2, 0.25) is 0 Å². The molecule has 0 spiro atoms. The van der Waals surface area contributed by atoms with E-state index in [9.17, 15) is 14.5 Å². The van der Waals surface area contributed by atoms with Crippen molar-refractivity contribution in [2.75, 3.05) is 0 Å². The van der Waals surface area contributed by atoms with Crippen molar-refractivity contribution in [3.8, 4) is 17.7 Å². The Morgan fingerprint density at radius 2 is 2.20 bits per heavy atom. The van der Waals surface area contributed by atoms with Crippen LogP contribution in [0.3, 0.4) is 0 Å². The van der Waals surface area contributed by atoms with E-state index in [2.05, 4.69) is 20.9 Å². The number of hydrogen-bond acceptors (Lipinski definition) is 5. The molecule has 6 nitrogen and oxygen atoms in total. The molecule has 0 saturated carbocycles. The van der Waals surface area contributed by atoms with Crippen LogP contribution in [0.1, 0.15) is 5.56 Å². The Bertz CT molecular complexity index is 730. The first kappa shape index (κ1) is 13.9. The fraction of sp³-hybridized carbons (Fsp3) is 0. The van der Waals surface area contributed by atoms with Crippen LogP contribution >= 0.6 is 15.9 Å². The first-order valence-electron chi connectivity index (χ1n) is 5.18. The SMILES string of the molecule is N#Cc1cnc(Oc2ccc(F)cc2Br)c([N+](=O)[O-])c1. The summed E-state index contributed by atoms with van der Waals surface area (Å²) < 4.78 is 18.5. The van der Waals surface area contributed by atoms with Gasteiger partial charge in [0.15, 0.2) is 0 Å². The number of halogens is 2. The first-order chi connectivity index (χ1) is 9.51. The number of nitro groups is 1. The molecule has 100 valence electrons. The lowest BCUT2D eigenvalue weighted by Crippen LogP contribution is -1.97. The molecule has 0 bridgehead atoms. The second kappa shape index (κ2) is 5.63. The molecule has 1 aromatic heterocycles. The molecule has 0 unspecified atom stereocenters. The second-order valence-corrected chi connectivity index (χ2v) is 4.45. The molecule has 0 N–H and O–H groups in total. The zero-order valence-corrected chi connectivity index (χ0v) is 11.3. The van der Waals surface area contributed by atoms with Crippen LogP contribution in [-0.4, -0.2) is 9.91 Å². The highest BCUT2D eigenvalue weighted by molar-refractivity contribution is 9.10. The Balaban J connectivity index is 2.43. The number of benzene rings is 1. The smallest absolute Gasteiger partial charge is 0.332 e. The zero-order chi connectivity index (χ0) is 14.7. The van der Waals surface area contributed by atoms with E-state index in [4.69, 9.17) is 10.00 Å². The van der Waals surface area contributed by atoms with Crippen molar-refractivity contribution in [3.63, 3.8) is 0 Å². The molecule has 0 aliphatic carbocycles. The second-order valence-electron chi connectivity index (χ2n) is 3.59. The topological polar surface area (TPSA) is 89.0 Å². The van der Waals surface area contributed by atoms with E-state index in [-0.39, 0.29) is 21.7 Å². The minimum Gasteiger partial charge on any atom is -0.432 e. The largest absolute Gasteiger partial charge is 0.432 e. The van der Waals surface area contributed by atoms with Crippen LogP contribution in [-0.2, 0) is 0 Å². The molecular weight excluding hydrogens is 333 g/mol. The van der Waals surface area contributed by atoms with Crippen molar-refractivity contribution in [1.82, 2.24) is 4.98 Å². The third kappa shape index (κ3) is 2.89. The highest BCUT2D eigenvalue weighted by atomic mass is 79.9. The van der Waals surface area contributed by atoms with E-state index in [1.807, 2.05) is 0 Å². The van der Waals surface area contributed by atoms with E-state index in [1.165, 1.54) is 6.07 Å². The number of nitrogens with zero attached hydrogens (tertiary/aromatic N) is 3. The third-order valence-corrected chi connectivity index (χ3v) is 2.88. The van der Waals surface area contributed by atoms with Crippen molar-refractivity contribution >= 4 is 21.6 Å².